The van der Waals surface area contributed by atoms with E-state index in [2.05, 4.69) is 4.74 Å². The number of hydrogen-bond donors (Lipinski definition) is 0. The average molecular weight is 462 g/mol. The molecule has 0 bridgehead atoms. The largest absolute Gasteiger partial charge is 0.467 e. The van der Waals surface area contributed by atoms with Crippen molar-refractivity contribution < 1.29 is 61.9 Å². The summed E-state index contributed by atoms with van der Waals surface area (Å²) in [6.07, 6.45) is -7.88. The molecule has 0 spiro atoms. The van der Waals surface area contributed by atoms with Crippen LogP contribution in [-0.2, 0) is 61.9 Å². The van der Waals surface area contributed by atoms with Gasteiger partial charge >= 0.3 is 29.8 Å². The predicted octanol–water partition coefficient (Wildman–Crippen LogP) is -0.626. The Kier molecular flexibility index (Phi) is 8.15. The van der Waals surface area contributed by atoms with Gasteiger partial charge in [0.15, 0.2) is 18.3 Å². The Labute approximate surface area is 183 Å². The zero-order chi connectivity index (χ0) is 24.2. The van der Waals surface area contributed by atoms with Crippen molar-refractivity contribution in [2.45, 2.75) is 77.2 Å². The van der Waals surface area contributed by atoms with E-state index in [0.29, 0.717) is 0 Å². The molecule has 32 heavy (non-hydrogen) atoms. The third-order valence-corrected chi connectivity index (χ3v) is 4.54. The molecule has 13 nitrogen and oxygen atoms in total. The lowest BCUT2D eigenvalue weighted by Gasteiger charge is -2.43. The number of carbonyl (C=O) groups excluding carboxylic acids is 5. The van der Waals surface area contributed by atoms with Crippen molar-refractivity contribution in [3.05, 3.63) is 0 Å². The first-order valence-electron chi connectivity index (χ1n) is 9.61. The monoisotopic (exact) mass is 462 g/mol. The summed E-state index contributed by atoms with van der Waals surface area (Å²) >= 11 is 0. The second-order valence-corrected chi connectivity index (χ2v) is 7.25. The Morgan fingerprint density at radius 3 is 1.84 bits per heavy atom. The van der Waals surface area contributed by atoms with Gasteiger partial charge in [0, 0.05) is 27.7 Å². The summed E-state index contributed by atoms with van der Waals surface area (Å²) in [6.45, 7) is 5.46. The lowest BCUT2D eigenvalue weighted by molar-refractivity contribution is -0.316. The van der Waals surface area contributed by atoms with E-state index in [9.17, 15) is 24.0 Å². The molecule has 0 aromatic heterocycles. The smallest absolute Gasteiger partial charge is 0.343 e. The van der Waals surface area contributed by atoms with Crippen LogP contribution in [0.3, 0.4) is 0 Å². The van der Waals surface area contributed by atoms with E-state index in [1.54, 1.807) is 0 Å². The SMILES string of the molecule is COC(=O)C1(C)OC1O[C@H]1O[C@H](COC(C)=O)[C@H](OC(C)=O)[C@H](OC(C)=O)[C@H]1OC(C)=O. The molecule has 0 N–H and O–H groups in total. The van der Waals surface area contributed by atoms with Gasteiger partial charge in [0.1, 0.15) is 12.7 Å². The minimum absolute atomic E-state index is 0.405. The van der Waals surface area contributed by atoms with Crippen molar-refractivity contribution in [3.8, 4) is 0 Å². The van der Waals surface area contributed by atoms with E-state index >= 15 is 0 Å². The first-order chi connectivity index (χ1) is 14.9. The van der Waals surface area contributed by atoms with Crippen LogP contribution in [0.1, 0.15) is 34.6 Å². The standard InChI is InChI=1S/C19H26O13/c1-8(20)26-7-12-13(27-9(2)21)14(28-10(3)22)15(29-11(4)23)16(30-12)31-18-19(5,32-18)17(24)25-6/h12-16,18H,7H2,1-6H3/t12-,13+,14+,15-,16-,18?,19?/m1/s1. The predicted molar refractivity (Wildman–Crippen MR) is 98.3 cm³/mol. The maximum Gasteiger partial charge on any atom is 0.343 e. The van der Waals surface area contributed by atoms with Gasteiger partial charge in [-0.25, -0.2) is 4.79 Å². The number of ether oxygens (including phenoxy) is 8. The summed E-state index contributed by atoms with van der Waals surface area (Å²) in [6, 6.07) is 0. The summed E-state index contributed by atoms with van der Waals surface area (Å²) in [5.41, 5.74) is -1.44. The molecule has 2 aliphatic heterocycles. The number of carbonyl (C=O) groups is 5. The summed E-state index contributed by atoms with van der Waals surface area (Å²) in [5.74, 6) is -3.68. The second kappa shape index (κ2) is 10.2. The van der Waals surface area contributed by atoms with Crippen LogP contribution in [0.5, 0.6) is 0 Å². The van der Waals surface area contributed by atoms with Crippen LogP contribution in [0.4, 0.5) is 0 Å². The van der Waals surface area contributed by atoms with Crippen molar-refractivity contribution in [1.82, 2.24) is 0 Å². The molecular formula is C19H26O13. The maximum absolute atomic E-state index is 11.9. The molecule has 2 aliphatic rings. The zero-order valence-electron chi connectivity index (χ0n) is 18.5. The molecule has 180 valence electrons. The Morgan fingerprint density at radius 2 is 1.34 bits per heavy atom. The molecule has 2 heterocycles. The van der Waals surface area contributed by atoms with Gasteiger partial charge in [-0.1, -0.05) is 0 Å². The Bertz CT molecular complexity index is 764. The number of epoxide rings is 1. The molecule has 0 saturated carbocycles. The summed E-state index contributed by atoms with van der Waals surface area (Å²) in [5, 5.41) is 0. The molecule has 2 fully saturated rings. The molecule has 0 aromatic rings. The van der Waals surface area contributed by atoms with Crippen LogP contribution < -0.4 is 0 Å². The average Bonchev–Trinajstić information content (AvgIpc) is 3.33. The highest BCUT2D eigenvalue weighted by molar-refractivity contribution is 5.82. The van der Waals surface area contributed by atoms with E-state index in [1.165, 1.54) is 14.0 Å². The number of esters is 5. The van der Waals surface area contributed by atoms with Gasteiger partial charge in [-0.2, -0.15) is 0 Å². The molecule has 2 unspecified atom stereocenters. The summed E-state index contributed by atoms with van der Waals surface area (Å²) in [4.78, 5) is 58.4. The zero-order valence-corrected chi connectivity index (χ0v) is 18.5. The van der Waals surface area contributed by atoms with Crippen molar-refractivity contribution in [1.29, 1.82) is 0 Å². The van der Waals surface area contributed by atoms with Gasteiger partial charge in [-0.05, 0) is 6.92 Å². The lowest BCUT2D eigenvalue weighted by Crippen LogP contribution is -2.63. The van der Waals surface area contributed by atoms with Crippen LogP contribution in [0.2, 0.25) is 0 Å². The quantitative estimate of drug-likeness (QED) is 0.255. The first kappa shape index (κ1) is 25.5. The minimum Gasteiger partial charge on any atom is -0.467 e. The normalized spacial score (nSPS) is 33.4. The van der Waals surface area contributed by atoms with Crippen LogP contribution in [0, 0.1) is 0 Å². The second-order valence-electron chi connectivity index (χ2n) is 7.25. The third kappa shape index (κ3) is 6.14. The topological polar surface area (TPSA) is 162 Å². The van der Waals surface area contributed by atoms with E-state index < -0.39 is 79.1 Å². The minimum atomic E-state index is -1.45. The van der Waals surface area contributed by atoms with E-state index in [4.69, 9.17) is 33.2 Å². The fraction of sp³-hybridized carbons (Fsp3) is 0.737. The molecule has 0 aliphatic carbocycles. The highest BCUT2D eigenvalue weighted by Crippen LogP contribution is 2.41. The Balaban J connectivity index is 2.37. The molecule has 2 saturated heterocycles. The highest BCUT2D eigenvalue weighted by Gasteiger charge is 2.64. The lowest BCUT2D eigenvalue weighted by atomic mass is 9.98. The molecule has 2 rings (SSSR count). The number of hydrogen-bond acceptors (Lipinski definition) is 13. The van der Waals surface area contributed by atoms with Crippen molar-refractivity contribution in [2.24, 2.45) is 0 Å². The molecular weight excluding hydrogens is 436 g/mol. The molecule has 0 aromatic carbocycles. The Hall–Kier alpha value is -2.77. The fourth-order valence-corrected chi connectivity index (χ4v) is 3.11. The third-order valence-electron chi connectivity index (χ3n) is 4.54. The fourth-order valence-electron chi connectivity index (χ4n) is 3.11. The van der Waals surface area contributed by atoms with Gasteiger partial charge in [0.2, 0.25) is 18.2 Å². The van der Waals surface area contributed by atoms with Gasteiger partial charge in [-0.3, -0.25) is 19.2 Å². The van der Waals surface area contributed by atoms with Gasteiger partial charge < -0.3 is 37.9 Å². The van der Waals surface area contributed by atoms with Crippen LogP contribution in [0.15, 0.2) is 0 Å². The van der Waals surface area contributed by atoms with Crippen LogP contribution in [-0.4, -0.2) is 86.2 Å². The van der Waals surface area contributed by atoms with Gasteiger partial charge in [-0.15, -0.1) is 0 Å². The molecule has 13 heteroatoms. The highest BCUT2D eigenvalue weighted by atomic mass is 16.8. The van der Waals surface area contributed by atoms with Crippen molar-refractivity contribution in [2.75, 3.05) is 13.7 Å². The van der Waals surface area contributed by atoms with Crippen molar-refractivity contribution in [3.63, 3.8) is 0 Å². The molecule has 0 amide bonds. The van der Waals surface area contributed by atoms with Gasteiger partial charge in [0.05, 0.1) is 7.11 Å². The number of rotatable bonds is 8. The van der Waals surface area contributed by atoms with Crippen LogP contribution >= 0.6 is 0 Å². The van der Waals surface area contributed by atoms with E-state index in [-0.39, 0.29) is 0 Å². The van der Waals surface area contributed by atoms with Gasteiger partial charge in [0.25, 0.3) is 0 Å². The summed E-state index contributed by atoms with van der Waals surface area (Å²) < 4.78 is 42.1. The Morgan fingerprint density at radius 1 is 0.812 bits per heavy atom. The van der Waals surface area contributed by atoms with E-state index in [0.717, 1.165) is 27.7 Å². The molecule has 7 atom stereocenters. The van der Waals surface area contributed by atoms with E-state index in [1.807, 2.05) is 0 Å². The molecule has 0 radical (unpaired) electrons. The van der Waals surface area contributed by atoms with Crippen molar-refractivity contribution >= 4 is 29.8 Å². The summed E-state index contributed by atoms with van der Waals surface area (Å²) in [7, 11) is 1.17. The number of methoxy groups -OCH3 is 1. The van der Waals surface area contributed by atoms with Crippen LogP contribution in [0.25, 0.3) is 0 Å². The first-order valence-corrected chi connectivity index (χ1v) is 9.61. The maximum atomic E-state index is 11.9.